The van der Waals surface area contributed by atoms with Crippen molar-refractivity contribution in [3.63, 3.8) is 0 Å². The zero-order valence-corrected chi connectivity index (χ0v) is 10.5. The molecule has 5 nitrogen and oxygen atoms in total. The summed E-state index contributed by atoms with van der Waals surface area (Å²) in [6.45, 7) is 1.33. The predicted octanol–water partition coefficient (Wildman–Crippen LogP) is 0.820. The van der Waals surface area contributed by atoms with Crippen LogP contribution in [0, 0.1) is 0 Å². The Balaban J connectivity index is 2.27. The van der Waals surface area contributed by atoms with Crippen molar-refractivity contribution < 1.29 is 4.79 Å². The third-order valence-corrected chi connectivity index (χ3v) is 3.24. The number of pyridine rings is 1. The first kappa shape index (κ1) is 12.8. The van der Waals surface area contributed by atoms with Crippen molar-refractivity contribution >= 4 is 11.7 Å². The fourth-order valence-corrected chi connectivity index (χ4v) is 2.27. The zero-order chi connectivity index (χ0) is 13.0. The van der Waals surface area contributed by atoms with Crippen LogP contribution >= 0.6 is 0 Å². The molecular formula is C13H20N4O. The second-order valence-corrected chi connectivity index (χ2v) is 4.63. The monoisotopic (exact) mass is 248 g/mol. The van der Waals surface area contributed by atoms with Crippen LogP contribution in [-0.4, -0.2) is 24.0 Å². The van der Waals surface area contributed by atoms with Gasteiger partial charge in [-0.3, -0.25) is 4.79 Å². The summed E-state index contributed by atoms with van der Waals surface area (Å²) in [6.07, 6.45) is 5.15. The van der Waals surface area contributed by atoms with Gasteiger partial charge in [0.1, 0.15) is 5.82 Å². The maximum atomic E-state index is 11.5. The number of rotatable bonds is 5. The highest BCUT2D eigenvalue weighted by molar-refractivity contribution is 5.97. The molecule has 1 aromatic rings. The number of carbonyl (C=O) groups is 1. The summed E-state index contributed by atoms with van der Waals surface area (Å²) in [5.41, 5.74) is 13.6. The molecule has 98 valence electrons. The smallest absolute Gasteiger partial charge is 0.252 e. The number of aromatic nitrogens is 1. The SMILES string of the molecule is NCCCNc1nc2c(cc1C(N)=O)CCCC2. The van der Waals surface area contributed by atoms with E-state index in [4.69, 9.17) is 11.5 Å². The van der Waals surface area contributed by atoms with Crippen LogP contribution in [0.4, 0.5) is 5.82 Å². The van der Waals surface area contributed by atoms with Crippen molar-refractivity contribution in [1.29, 1.82) is 0 Å². The maximum Gasteiger partial charge on any atom is 0.252 e. The molecular weight excluding hydrogens is 228 g/mol. The predicted molar refractivity (Wildman–Crippen MR) is 71.6 cm³/mol. The Labute approximate surface area is 107 Å². The topological polar surface area (TPSA) is 94.0 Å². The van der Waals surface area contributed by atoms with E-state index in [1.54, 1.807) is 0 Å². The Bertz CT molecular complexity index is 445. The fraction of sp³-hybridized carbons (Fsp3) is 0.538. The van der Waals surface area contributed by atoms with Crippen molar-refractivity contribution in [3.05, 3.63) is 22.9 Å². The highest BCUT2D eigenvalue weighted by Crippen LogP contribution is 2.24. The summed E-state index contributed by atoms with van der Waals surface area (Å²) in [7, 11) is 0. The molecule has 0 saturated heterocycles. The van der Waals surface area contributed by atoms with Crippen LogP contribution in [0.1, 0.15) is 40.9 Å². The molecule has 0 saturated carbocycles. The van der Waals surface area contributed by atoms with E-state index in [-0.39, 0.29) is 0 Å². The molecule has 2 rings (SSSR count). The number of anilines is 1. The third kappa shape index (κ3) is 2.79. The number of nitrogens with zero attached hydrogens (tertiary/aromatic N) is 1. The maximum absolute atomic E-state index is 11.5. The van der Waals surface area contributed by atoms with Gasteiger partial charge in [0.05, 0.1) is 5.56 Å². The van der Waals surface area contributed by atoms with E-state index in [2.05, 4.69) is 10.3 Å². The second kappa shape index (κ2) is 5.82. The average Bonchev–Trinajstić information content (AvgIpc) is 2.38. The summed E-state index contributed by atoms with van der Waals surface area (Å²) in [4.78, 5) is 16.0. The molecule has 1 aliphatic rings. The number of aryl methyl sites for hydroxylation is 2. The van der Waals surface area contributed by atoms with Gasteiger partial charge in [0.15, 0.2) is 0 Å². The summed E-state index contributed by atoms with van der Waals surface area (Å²) in [5, 5.41) is 3.15. The van der Waals surface area contributed by atoms with Gasteiger partial charge < -0.3 is 16.8 Å². The van der Waals surface area contributed by atoms with Crippen LogP contribution in [0.5, 0.6) is 0 Å². The lowest BCUT2D eigenvalue weighted by Crippen LogP contribution is -2.19. The minimum absolute atomic E-state index is 0.425. The molecule has 0 aliphatic heterocycles. The molecule has 0 fully saturated rings. The van der Waals surface area contributed by atoms with Gasteiger partial charge in [-0.15, -0.1) is 0 Å². The summed E-state index contributed by atoms with van der Waals surface area (Å²) >= 11 is 0. The fourth-order valence-electron chi connectivity index (χ4n) is 2.27. The molecule has 0 atom stereocenters. The van der Waals surface area contributed by atoms with E-state index in [9.17, 15) is 4.79 Å². The van der Waals surface area contributed by atoms with E-state index in [1.807, 2.05) is 6.07 Å². The van der Waals surface area contributed by atoms with Crippen LogP contribution in [-0.2, 0) is 12.8 Å². The normalized spacial score (nSPS) is 14.1. The molecule has 5 N–H and O–H groups in total. The highest BCUT2D eigenvalue weighted by Gasteiger charge is 2.17. The van der Waals surface area contributed by atoms with Gasteiger partial charge in [-0.2, -0.15) is 0 Å². The quantitative estimate of drug-likeness (QED) is 0.672. The molecule has 0 bridgehead atoms. The first-order chi connectivity index (χ1) is 8.72. The number of hydrogen-bond donors (Lipinski definition) is 3. The molecule has 1 amide bonds. The molecule has 1 aliphatic carbocycles. The Kier molecular flexibility index (Phi) is 4.15. The molecule has 0 aromatic carbocycles. The molecule has 0 radical (unpaired) electrons. The van der Waals surface area contributed by atoms with Crippen LogP contribution in [0.15, 0.2) is 6.07 Å². The lowest BCUT2D eigenvalue weighted by molar-refractivity contribution is 0.100. The Morgan fingerprint density at radius 3 is 2.89 bits per heavy atom. The summed E-state index contributed by atoms with van der Waals surface area (Å²) in [6, 6.07) is 1.90. The van der Waals surface area contributed by atoms with Gasteiger partial charge in [-0.1, -0.05) is 0 Å². The lowest BCUT2D eigenvalue weighted by Gasteiger charge is -2.18. The van der Waals surface area contributed by atoms with Crippen molar-refractivity contribution in [2.45, 2.75) is 32.1 Å². The largest absolute Gasteiger partial charge is 0.369 e. The van der Waals surface area contributed by atoms with Gasteiger partial charge in [0.2, 0.25) is 0 Å². The van der Waals surface area contributed by atoms with Crippen molar-refractivity contribution in [3.8, 4) is 0 Å². The summed E-state index contributed by atoms with van der Waals surface area (Å²) in [5.74, 6) is 0.183. The molecule has 1 aromatic heterocycles. The lowest BCUT2D eigenvalue weighted by atomic mass is 9.94. The minimum Gasteiger partial charge on any atom is -0.369 e. The Hall–Kier alpha value is -1.62. The Morgan fingerprint density at radius 2 is 2.17 bits per heavy atom. The molecule has 18 heavy (non-hydrogen) atoms. The van der Waals surface area contributed by atoms with E-state index in [0.717, 1.165) is 37.8 Å². The van der Waals surface area contributed by atoms with Gasteiger partial charge in [-0.05, 0) is 50.3 Å². The molecule has 0 unspecified atom stereocenters. The number of carbonyl (C=O) groups excluding carboxylic acids is 1. The molecule has 0 spiro atoms. The molecule has 1 heterocycles. The van der Waals surface area contributed by atoms with Crippen molar-refractivity contribution in [1.82, 2.24) is 4.98 Å². The van der Waals surface area contributed by atoms with Crippen LogP contribution in [0.2, 0.25) is 0 Å². The zero-order valence-electron chi connectivity index (χ0n) is 10.5. The number of amides is 1. The second-order valence-electron chi connectivity index (χ2n) is 4.63. The highest BCUT2D eigenvalue weighted by atomic mass is 16.1. The number of hydrogen-bond acceptors (Lipinski definition) is 4. The van der Waals surface area contributed by atoms with Crippen molar-refractivity contribution in [2.24, 2.45) is 11.5 Å². The van der Waals surface area contributed by atoms with E-state index < -0.39 is 5.91 Å². The van der Waals surface area contributed by atoms with Gasteiger partial charge >= 0.3 is 0 Å². The van der Waals surface area contributed by atoms with E-state index >= 15 is 0 Å². The van der Waals surface area contributed by atoms with Gasteiger partial charge in [0, 0.05) is 12.2 Å². The van der Waals surface area contributed by atoms with Crippen LogP contribution in [0.25, 0.3) is 0 Å². The number of fused-ring (bicyclic) bond motifs is 1. The van der Waals surface area contributed by atoms with Gasteiger partial charge in [-0.25, -0.2) is 4.98 Å². The number of nitrogens with two attached hydrogens (primary N) is 2. The van der Waals surface area contributed by atoms with Crippen molar-refractivity contribution in [2.75, 3.05) is 18.4 Å². The summed E-state index contributed by atoms with van der Waals surface area (Å²) < 4.78 is 0. The van der Waals surface area contributed by atoms with Crippen LogP contribution in [0.3, 0.4) is 0 Å². The number of nitrogens with one attached hydrogen (secondary N) is 1. The Morgan fingerprint density at radius 1 is 1.39 bits per heavy atom. The van der Waals surface area contributed by atoms with Gasteiger partial charge in [0.25, 0.3) is 5.91 Å². The van der Waals surface area contributed by atoms with E-state index in [0.29, 0.717) is 24.5 Å². The first-order valence-corrected chi connectivity index (χ1v) is 6.49. The average molecular weight is 248 g/mol. The molecule has 5 heteroatoms. The van der Waals surface area contributed by atoms with Crippen LogP contribution < -0.4 is 16.8 Å². The third-order valence-electron chi connectivity index (χ3n) is 3.24. The standard InChI is InChI=1S/C13H20N4O/c14-6-3-7-16-13-10(12(15)18)8-9-4-1-2-5-11(9)17-13/h8H,1-7,14H2,(H2,15,18)(H,16,17). The number of primary amides is 1. The van der Waals surface area contributed by atoms with E-state index in [1.165, 1.54) is 5.56 Å². The first-order valence-electron chi connectivity index (χ1n) is 6.49. The minimum atomic E-state index is -0.425.